The van der Waals surface area contributed by atoms with E-state index in [1.165, 1.54) is 0 Å². The molecule has 0 radical (unpaired) electrons. The van der Waals surface area contributed by atoms with E-state index < -0.39 is 9.84 Å². The standard InChI is InChI=1S/C15H24ClN3O2S2.HI/c1-3-17-15(19-10-12-23(20,21)4-2)18-9-11-22-14-7-5-13(16)6-8-14;/h5-8H,3-4,9-12H2,1-2H3,(H2,17,18,19);1H. The lowest BCUT2D eigenvalue weighted by Crippen LogP contribution is -2.38. The molecule has 1 aromatic carbocycles. The molecule has 138 valence electrons. The van der Waals surface area contributed by atoms with Crippen LogP contribution in [0.1, 0.15) is 13.8 Å². The van der Waals surface area contributed by atoms with Gasteiger partial charge in [0.1, 0.15) is 0 Å². The Morgan fingerprint density at radius 2 is 1.88 bits per heavy atom. The fourth-order valence-corrected chi connectivity index (χ4v) is 3.20. The number of guanidine groups is 1. The zero-order valence-corrected chi connectivity index (χ0v) is 18.6. The van der Waals surface area contributed by atoms with Gasteiger partial charge in [-0.15, -0.1) is 35.7 Å². The van der Waals surface area contributed by atoms with E-state index >= 15 is 0 Å². The lowest BCUT2D eigenvalue weighted by Gasteiger charge is -2.11. The van der Waals surface area contributed by atoms with E-state index in [0.717, 1.165) is 28.8 Å². The quantitative estimate of drug-likeness (QED) is 0.177. The lowest BCUT2D eigenvalue weighted by molar-refractivity contribution is 0.597. The second kappa shape index (κ2) is 13.1. The minimum Gasteiger partial charge on any atom is -0.357 e. The van der Waals surface area contributed by atoms with Gasteiger partial charge in [-0.25, -0.2) is 8.42 Å². The van der Waals surface area contributed by atoms with Gasteiger partial charge in [-0.1, -0.05) is 18.5 Å². The van der Waals surface area contributed by atoms with Crippen LogP contribution in [0.15, 0.2) is 34.2 Å². The van der Waals surface area contributed by atoms with Crippen LogP contribution in [0.25, 0.3) is 0 Å². The highest BCUT2D eigenvalue weighted by atomic mass is 127. The number of hydrogen-bond acceptors (Lipinski definition) is 4. The molecule has 0 saturated carbocycles. The van der Waals surface area contributed by atoms with Crippen molar-refractivity contribution in [1.82, 2.24) is 10.6 Å². The lowest BCUT2D eigenvalue weighted by atomic mass is 10.4. The normalized spacial score (nSPS) is 11.7. The van der Waals surface area contributed by atoms with E-state index in [2.05, 4.69) is 15.6 Å². The van der Waals surface area contributed by atoms with Crippen LogP contribution in [-0.2, 0) is 9.84 Å². The van der Waals surface area contributed by atoms with Crippen LogP contribution in [0, 0.1) is 0 Å². The zero-order chi connectivity index (χ0) is 17.1. The highest BCUT2D eigenvalue weighted by Gasteiger charge is 2.06. The smallest absolute Gasteiger partial charge is 0.191 e. The van der Waals surface area contributed by atoms with Gasteiger partial charge in [-0.3, -0.25) is 4.99 Å². The Morgan fingerprint density at radius 1 is 1.21 bits per heavy atom. The second-order valence-corrected chi connectivity index (χ2v) is 8.80. The number of thioether (sulfide) groups is 1. The van der Waals surface area contributed by atoms with Crippen molar-refractivity contribution < 1.29 is 8.42 Å². The van der Waals surface area contributed by atoms with Gasteiger partial charge in [0.2, 0.25) is 0 Å². The Labute approximate surface area is 171 Å². The molecule has 0 aliphatic rings. The van der Waals surface area contributed by atoms with E-state index in [0.29, 0.717) is 5.96 Å². The summed E-state index contributed by atoms with van der Waals surface area (Å²) >= 11 is 7.57. The Morgan fingerprint density at radius 3 is 2.46 bits per heavy atom. The molecule has 0 spiro atoms. The van der Waals surface area contributed by atoms with Gasteiger partial charge in [0.15, 0.2) is 15.8 Å². The molecule has 0 heterocycles. The predicted molar refractivity (Wildman–Crippen MR) is 116 cm³/mol. The Balaban J connectivity index is 0.00000529. The van der Waals surface area contributed by atoms with Gasteiger partial charge in [-0.2, -0.15) is 0 Å². The maximum Gasteiger partial charge on any atom is 0.191 e. The minimum atomic E-state index is -2.97. The molecule has 1 rings (SSSR count). The fourth-order valence-electron chi connectivity index (χ4n) is 1.65. The van der Waals surface area contributed by atoms with Crippen molar-refractivity contribution in [3.63, 3.8) is 0 Å². The number of aliphatic imine (C=N–C) groups is 1. The molecule has 1 aromatic rings. The van der Waals surface area contributed by atoms with E-state index in [-0.39, 0.29) is 42.0 Å². The van der Waals surface area contributed by atoms with Gasteiger partial charge in [0.05, 0.1) is 12.3 Å². The molecule has 0 fully saturated rings. The minimum absolute atomic E-state index is 0. The summed E-state index contributed by atoms with van der Waals surface area (Å²) in [6.45, 7) is 5.37. The molecular weight excluding hydrogens is 481 g/mol. The number of hydrogen-bond donors (Lipinski definition) is 2. The summed E-state index contributed by atoms with van der Waals surface area (Å²) in [5.41, 5.74) is 0. The summed E-state index contributed by atoms with van der Waals surface area (Å²) in [6.07, 6.45) is 0. The molecule has 2 N–H and O–H groups in total. The van der Waals surface area contributed by atoms with Gasteiger partial charge in [0, 0.05) is 34.5 Å². The van der Waals surface area contributed by atoms with Crippen molar-refractivity contribution in [2.75, 3.05) is 36.9 Å². The number of nitrogens with zero attached hydrogens (tertiary/aromatic N) is 1. The van der Waals surface area contributed by atoms with Crippen LogP contribution in [0.3, 0.4) is 0 Å². The summed E-state index contributed by atoms with van der Waals surface area (Å²) in [5, 5.41) is 7.05. The van der Waals surface area contributed by atoms with Gasteiger partial charge >= 0.3 is 0 Å². The third-order valence-electron chi connectivity index (χ3n) is 2.93. The summed E-state index contributed by atoms with van der Waals surface area (Å²) in [6, 6.07) is 7.72. The molecule has 0 atom stereocenters. The SMILES string of the molecule is CCNC(=NCCS(=O)(=O)CC)NCCSc1ccc(Cl)cc1.I. The summed E-state index contributed by atoms with van der Waals surface area (Å²) in [7, 11) is -2.97. The summed E-state index contributed by atoms with van der Waals surface area (Å²) in [4.78, 5) is 5.45. The van der Waals surface area contributed by atoms with Crippen LogP contribution in [0.2, 0.25) is 5.02 Å². The van der Waals surface area contributed by atoms with Crippen molar-refractivity contribution in [1.29, 1.82) is 0 Å². The molecular formula is C15H25ClIN3O2S2. The van der Waals surface area contributed by atoms with Crippen LogP contribution >= 0.6 is 47.3 Å². The zero-order valence-electron chi connectivity index (χ0n) is 13.9. The van der Waals surface area contributed by atoms with Gasteiger partial charge < -0.3 is 10.6 Å². The Hall–Kier alpha value is -0.190. The third-order valence-corrected chi connectivity index (χ3v) is 5.88. The van der Waals surface area contributed by atoms with Crippen LogP contribution in [0.5, 0.6) is 0 Å². The molecule has 0 aliphatic carbocycles. The van der Waals surface area contributed by atoms with E-state index in [1.807, 2.05) is 31.2 Å². The molecule has 0 aromatic heterocycles. The van der Waals surface area contributed by atoms with E-state index in [9.17, 15) is 8.42 Å². The summed E-state index contributed by atoms with van der Waals surface area (Å²) < 4.78 is 22.9. The third kappa shape index (κ3) is 10.6. The maximum absolute atomic E-state index is 11.5. The highest BCUT2D eigenvalue weighted by Crippen LogP contribution is 2.19. The first-order valence-corrected chi connectivity index (χ1v) is 10.8. The Bertz CT molecular complexity index is 595. The number of benzene rings is 1. The second-order valence-electron chi connectivity index (χ2n) is 4.73. The largest absolute Gasteiger partial charge is 0.357 e. The first-order valence-electron chi connectivity index (χ1n) is 7.57. The van der Waals surface area contributed by atoms with Crippen molar-refractivity contribution >= 4 is 63.1 Å². The fraction of sp³-hybridized carbons (Fsp3) is 0.533. The van der Waals surface area contributed by atoms with Crippen LogP contribution in [-0.4, -0.2) is 51.3 Å². The molecule has 0 unspecified atom stereocenters. The highest BCUT2D eigenvalue weighted by molar-refractivity contribution is 14.0. The molecule has 9 heteroatoms. The number of rotatable bonds is 9. The average molecular weight is 506 g/mol. The number of nitrogens with one attached hydrogen (secondary N) is 2. The molecule has 0 bridgehead atoms. The maximum atomic E-state index is 11.5. The first kappa shape index (κ1) is 23.8. The molecule has 0 amide bonds. The molecule has 0 aliphatic heterocycles. The summed E-state index contributed by atoms with van der Waals surface area (Å²) in [5.74, 6) is 1.76. The average Bonchev–Trinajstić information content (AvgIpc) is 2.53. The van der Waals surface area contributed by atoms with Crippen molar-refractivity contribution in [2.24, 2.45) is 4.99 Å². The molecule has 0 saturated heterocycles. The number of halogens is 2. The van der Waals surface area contributed by atoms with Crippen LogP contribution in [0.4, 0.5) is 0 Å². The first-order chi connectivity index (χ1) is 11.0. The van der Waals surface area contributed by atoms with Gasteiger partial charge in [-0.05, 0) is 31.2 Å². The topological polar surface area (TPSA) is 70.6 Å². The van der Waals surface area contributed by atoms with E-state index in [1.54, 1.807) is 18.7 Å². The van der Waals surface area contributed by atoms with E-state index in [4.69, 9.17) is 11.6 Å². The molecule has 24 heavy (non-hydrogen) atoms. The monoisotopic (exact) mass is 505 g/mol. The number of sulfone groups is 1. The Kier molecular flexibility index (Phi) is 13.0. The van der Waals surface area contributed by atoms with Crippen molar-refractivity contribution in [2.45, 2.75) is 18.7 Å². The molecule has 5 nitrogen and oxygen atoms in total. The van der Waals surface area contributed by atoms with Crippen molar-refractivity contribution in [3.8, 4) is 0 Å². The van der Waals surface area contributed by atoms with Crippen molar-refractivity contribution in [3.05, 3.63) is 29.3 Å². The van der Waals surface area contributed by atoms with Crippen LogP contribution < -0.4 is 10.6 Å². The predicted octanol–water partition coefficient (Wildman–Crippen LogP) is 3.04. The van der Waals surface area contributed by atoms with Gasteiger partial charge in [0.25, 0.3) is 0 Å².